The molecule has 0 unspecified atom stereocenters. The van der Waals surface area contributed by atoms with Crippen molar-refractivity contribution in [2.45, 2.75) is 128 Å². The van der Waals surface area contributed by atoms with Gasteiger partial charge in [-0.3, -0.25) is 0 Å². The van der Waals surface area contributed by atoms with E-state index in [1.54, 1.807) is 0 Å². The van der Waals surface area contributed by atoms with Gasteiger partial charge in [0.15, 0.2) is 6.61 Å². The summed E-state index contributed by atoms with van der Waals surface area (Å²) in [6.07, 6.45) is 23.1. The van der Waals surface area contributed by atoms with Crippen LogP contribution in [0.5, 0.6) is 11.5 Å². The molecule has 6 nitrogen and oxygen atoms in total. The number of hydrogen-bond acceptors (Lipinski definition) is 5. The highest BCUT2D eigenvalue weighted by molar-refractivity contribution is 5.91. The monoisotopic (exact) mass is 528 g/mol. The zero-order chi connectivity index (χ0) is 26.8. The molecule has 0 aromatic heterocycles. The van der Waals surface area contributed by atoms with Gasteiger partial charge in [-0.25, -0.2) is 9.59 Å². The maximum absolute atomic E-state index is 13.6. The Hall–Kier alpha value is -2.24. The fourth-order valence-corrected chi connectivity index (χ4v) is 7.76. The van der Waals surface area contributed by atoms with Crippen molar-refractivity contribution in [2.24, 2.45) is 17.8 Å². The molecule has 0 radical (unpaired) electrons. The topological polar surface area (TPSA) is 93.1 Å². The number of carboxylic acids is 1. The summed E-state index contributed by atoms with van der Waals surface area (Å²) in [4.78, 5) is 25.1. The molecule has 3 aliphatic rings. The fraction of sp³-hybridized carbons (Fsp3) is 0.750. The highest BCUT2D eigenvalue weighted by Gasteiger charge is 2.53. The number of carbonyl (C=O) groups excluding carboxylic acids is 1. The molecule has 2 N–H and O–H groups in total. The molecule has 38 heavy (non-hydrogen) atoms. The van der Waals surface area contributed by atoms with Gasteiger partial charge in [-0.1, -0.05) is 83.5 Å². The lowest BCUT2D eigenvalue weighted by atomic mass is 9.59. The minimum Gasteiger partial charge on any atom is -0.507 e. The highest BCUT2D eigenvalue weighted by Crippen LogP contribution is 2.52. The van der Waals surface area contributed by atoms with Crippen LogP contribution in [-0.4, -0.2) is 34.4 Å². The lowest BCUT2D eigenvalue weighted by molar-refractivity contribution is -0.198. The van der Waals surface area contributed by atoms with Crippen LogP contribution >= 0.6 is 0 Å². The number of hydrogen-bond donors (Lipinski definition) is 2. The van der Waals surface area contributed by atoms with Crippen molar-refractivity contribution in [1.29, 1.82) is 0 Å². The number of carboxylic acid groups (broad SMARTS) is 1. The van der Waals surface area contributed by atoms with Crippen LogP contribution in [0.15, 0.2) is 18.2 Å². The second-order valence-electron chi connectivity index (χ2n) is 12.0. The van der Waals surface area contributed by atoms with Crippen LogP contribution in [0.25, 0.3) is 0 Å². The standard InChI is InChI=1S/C32H48O6/c33-29-21-20-27(22-28(29)31(35)36)37-23-30(34)38-32(26-18-12-7-13-19-26,24-14-8-3-1-4-9-15-24)25-16-10-5-2-6-11-17-25/h20-22,24-26,33H,1-19,23H2,(H,35,36). The molecular formula is C32H48O6. The first-order valence-corrected chi connectivity index (χ1v) is 15.4. The Balaban J connectivity index is 1.61. The molecule has 1 aromatic carbocycles. The Kier molecular flexibility index (Phi) is 10.8. The summed E-state index contributed by atoms with van der Waals surface area (Å²) in [5.41, 5.74) is -0.673. The van der Waals surface area contributed by atoms with Crippen LogP contribution in [0.1, 0.15) is 132 Å². The van der Waals surface area contributed by atoms with Crippen LogP contribution in [0.3, 0.4) is 0 Å². The largest absolute Gasteiger partial charge is 0.507 e. The van der Waals surface area contributed by atoms with E-state index >= 15 is 0 Å². The molecule has 6 heteroatoms. The summed E-state index contributed by atoms with van der Waals surface area (Å²) < 4.78 is 12.6. The van der Waals surface area contributed by atoms with Crippen molar-refractivity contribution in [3.63, 3.8) is 0 Å². The maximum atomic E-state index is 13.6. The third kappa shape index (κ3) is 7.24. The van der Waals surface area contributed by atoms with Crippen molar-refractivity contribution in [1.82, 2.24) is 0 Å². The van der Waals surface area contributed by atoms with Crippen LogP contribution in [0.4, 0.5) is 0 Å². The molecule has 0 aliphatic heterocycles. The normalized spacial score (nSPS) is 21.5. The third-order valence-corrected chi connectivity index (χ3v) is 9.58. The number of carbonyl (C=O) groups is 2. The van der Waals surface area contributed by atoms with Gasteiger partial charge >= 0.3 is 11.9 Å². The lowest BCUT2D eigenvalue weighted by Gasteiger charge is -2.52. The molecule has 3 saturated carbocycles. The van der Waals surface area contributed by atoms with Gasteiger partial charge in [-0.2, -0.15) is 0 Å². The maximum Gasteiger partial charge on any atom is 0.344 e. The summed E-state index contributed by atoms with van der Waals surface area (Å²) in [5.74, 6) is -0.459. The number of ether oxygens (including phenoxy) is 2. The molecule has 0 heterocycles. The van der Waals surface area contributed by atoms with E-state index in [9.17, 15) is 19.8 Å². The van der Waals surface area contributed by atoms with Crippen molar-refractivity contribution in [2.75, 3.05) is 6.61 Å². The Morgan fingerprint density at radius 2 is 1.13 bits per heavy atom. The van der Waals surface area contributed by atoms with Crippen molar-refractivity contribution < 1.29 is 29.3 Å². The van der Waals surface area contributed by atoms with Gasteiger partial charge in [0.1, 0.15) is 22.7 Å². The molecule has 212 valence electrons. The first-order valence-electron chi connectivity index (χ1n) is 15.4. The van der Waals surface area contributed by atoms with Crippen LogP contribution in [-0.2, 0) is 9.53 Å². The van der Waals surface area contributed by atoms with Crippen molar-refractivity contribution in [3.8, 4) is 11.5 Å². The summed E-state index contributed by atoms with van der Waals surface area (Å²) in [6.45, 7) is -0.252. The number of benzene rings is 1. The van der Waals surface area contributed by atoms with E-state index < -0.39 is 11.6 Å². The smallest absolute Gasteiger partial charge is 0.344 e. The molecule has 3 fully saturated rings. The number of esters is 1. The second-order valence-corrected chi connectivity index (χ2v) is 12.0. The Morgan fingerprint density at radius 3 is 1.58 bits per heavy atom. The lowest BCUT2D eigenvalue weighted by Crippen LogP contribution is -2.56. The number of phenols is 1. The van der Waals surface area contributed by atoms with Gasteiger partial charge in [-0.15, -0.1) is 0 Å². The van der Waals surface area contributed by atoms with Gasteiger partial charge in [0.25, 0.3) is 0 Å². The van der Waals surface area contributed by atoms with E-state index in [4.69, 9.17) is 9.47 Å². The quantitative estimate of drug-likeness (QED) is 0.332. The Labute approximate surface area is 228 Å². The summed E-state index contributed by atoms with van der Waals surface area (Å²) >= 11 is 0. The second kappa shape index (κ2) is 14.2. The van der Waals surface area contributed by atoms with Crippen molar-refractivity contribution in [3.05, 3.63) is 23.8 Å². The molecule has 0 saturated heterocycles. The van der Waals surface area contributed by atoms with E-state index in [0.717, 1.165) is 38.5 Å². The number of aromatic hydroxyl groups is 1. The fourth-order valence-electron chi connectivity index (χ4n) is 7.76. The van der Waals surface area contributed by atoms with Gasteiger partial charge in [0.2, 0.25) is 0 Å². The van der Waals surface area contributed by atoms with E-state index in [2.05, 4.69) is 0 Å². The van der Waals surface area contributed by atoms with Gasteiger partial charge < -0.3 is 19.7 Å². The first kappa shape index (κ1) is 28.8. The predicted molar refractivity (Wildman–Crippen MR) is 148 cm³/mol. The van der Waals surface area contributed by atoms with Gasteiger partial charge in [0, 0.05) is 0 Å². The highest BCUT2D eigenvalue weighted by atomic mass is 16.6. The third-order valence-electron chi connectivity index (χ3n) is 9.58. The minimum atomic E-state index is -1.24. The van der Waals surface area contributed by atoms with E-state index in [1.807, 2.05) is 0 Å². The molecular weight excluding hydrogens is 480 g/mol. The first-order chi connectivity index (χ1) is 18.5. The van der Waals surface area contributed by atoms with Crippen LogP contribution in [0.2, 0.25) is 0 Å². The van der Waals surface area contributed by atoms with Gasteiger partial charge in [-0.05, 0) is 74.5 Å². The summed E-state index contributed by atoms with van der Waals surface area (Å²) in [7, 11) is 0. The number of rotatable bonds is 8. The number of aromatic carboxylic acids is 1. The molecule has 1 aromatic rings. The Morgan fingerprint density at radius 1 is 0.711 bits per heavy atom. The molecule has 4 rings (SSSR count). The molecule has 0 amide bonds. The summed E-state index contributed by atoms with van der Waals surface area (Å²) in [6, 6.07) is 4.05. The molecule has 0 spiro atoms. The molecule has 0 bridgehead atoms. The van der Waals surface area contributed by atoms with E-state index in [1.165, 1.54) is 102 Å². The minimum absolute atomic E-state index is 0.239. The van der Waals surface area contributed by atoms with Crippen LogP contribution < -0.4 is 4.74 Å². The SMILES string of the molecule is O=C(COc1ccc(O)c(C(=O)O)c1)OC(C1CCCCCCC1)(C1CCCCCCC1)C1CCCCC1. The van der Waals surface area contributed by atoms with E-state index in [0.29, 0.717) is 17.8 Å². The molecule has 0 atom stereocenters. The average molecular weight is 529 g/mol. The average Bonchev–Trinajstić information content (AvgIpc) is 2.87. The molecule has 3 aliphatic carbocycles. The Bertz CT molecular complexity index is 867. The van der Waals surface area contributed by atoms with E-state index in [-0.39, 0.29) is 29.6 Å². The van der Waals surface area contributed by atoms with Gasteiger partial charge in [0.05, 0.1) is 0 Å². The zero-order valence-corrected chi connectivity index (χ0v) is 23.1. The zero-order valence-electron chi connectivity index (χ0n) is 23.1. The predicted octanol–water partition coefficient (Wildman–Crippen LogP) is 8.05. The van der Waals surface area contributed by atoms with Crippen molar-refractivity contribution >= 4 is 11.9 Å². The summed E-state index contributed by atoms with van der Waals surface area (Å²) in [5, 5.41) is 19.2. The van der Waals surface area contributed by atoms with Crippen LogP contribution in [0, 0.1) is 17.8 Å².